The lowest BCUT2D eigenvalue weighted by atomic mass is 10.5. The van der Waals surface area contributed by atoms with Crippen LogP contribution in [0.4, 0.5) is 0 Å². The number of hydrogen-bond donors (Lipinski definition) is 0. The van der Waals surface area contributed by atoms with E-state index in [-0.39, 0.29) is 18.4 Å². The summed E-state index contributed by atoms with van der Waals surface area (Å²) in [5, 5.41) is 0. The van der Waals surface area contributed by atoms with E-state index in [0.717, 1.165) is 0 Å². The lowest BCUT2D eigenvalue weighted by Gasteiger charge is -1.97. The summed E-state index contributed by atoms with van der Waals surface area (Å²) in [6, 6.07) is 5.82. The standard InChI is InChI=1S/C9H12NO2.ClH/c1-9(11)12-8-7-10-5-3-2-4-6-10;/h2-6H,7-8H2,1H3;1H/q+1;/p-1. The molecule has 72 valence electrons. The fourth-order valence-corrected chi connectivity index (χ4v) is 0.878. The van der Waals surface area contributed by atoms with E-state index in [0.29, 0.717) is 13.2 Å². The zero-order chi connectivity index (χ0) is 8.81. The molecule has 0 aliphatic rings. The van der Waals surface area contributed by atoms with Crippen molar-refractivity contribution in [2.24, 2.45) is 0 Å². The van der Waals surface area contributed by atoms with E-state index in [2.05, 4.69) is 0 Å². The molecule has 0 bridgehead atoms. The summed E-state index contributed by atoms with van der Waals surface area (Å²) in [7, 11) is 0. The van der Waals surface area contributed by atoms with Crippen LogP contribution in [0, 0.1) is 0 Å². The molecule has 0 atom stereocenters. The van der Waals surface area contributed by atoms with Gasteiger partial charge >= 0.3 is 5.97 Å². The number of aromatic nitrogens is 1. The van der Waals surface area contributed by atoms with Crippen LogP contribution in [0.3, 0.4) is 0 Å². The van der Waals surface area contributed by atoms with E-state index < -0.39 is 0 Å². The maximum Gasteiger partial charge on any atom is 0.302 e. The van der Waals surface area contributed by atoms with Gasteiger partial charge in [-0.15, -0.1) is 0 Å². The molecule has 3 nitrogen and oxygen atoms in total. The zero-order valence-electron chi connectivity index (χ0n) is 7.44. The summed E-state index contributed by atoms with van der Waals surface area (Å²) in [5.74, 6) is -0.230. The molecule has 0 fully saturated rings. The number of nitrogens with zero attached hydrogens (tertiary/aromatic N) is 1. The van der Waals surface area contributed by atoms with Gasteiger partial charge in [-0.3, -0.25) is 4.79 Å². The van der Waals surface area contributed by atoms with Crippen molar-refractivity contribution in [3.05, 3.63) is 30.6 Å². The van der Waals surface area contributed by atoms with Gasteiger partial charge in [-0.25, -0.2) is 4.57 Å². The van der Waals surface area contributed by atoms with Crippen LogP contribution in [0.1, 0.15) is 6.92 Å². The lowest BCUT2D eigenvalue weighted by molar-refractivity contribution is -0.697. The maximum atomic E-state index is 10.4. The molecule has 1 aromatic rings. The molecule has 0 unspecified atom stereocenters. The van der Waals surface area contributed by atoms with Crippen LogP contribution in [0.15, 0.2) is 30.6 Å². The van der Waals surface area contributed by atoms with Crippen molar-refractivity contribution in [1.29, 1.82) is 0 Å². The quantitative estimate of drug-likeness (QED) is 0.401. The van der Waals surface area contributed by atoms with Crippen molar-refractivity contribution in [3.8, 4) is 0 Å². The number of hydrogen-bond acceptors (Lipinski definition) is 2. The highest BCUT2D eigenvalue weighted by Crippen LogP contribution is 1.79. The molecule has 1 aromatic heterocycles. The second kappa shape index (κ2) is 6.43. The van der Waals surface area contributed by atoms with E-state index in [9.17, 15) is 4.79 Å². The number of carbonyl (C=O) groups is 1. The molecule has 0 aliphatic heterocycles. The second-order valence-corrected chi connectivity index (χ2v) is 2.45. The van der Waals surface area contributed by atoms with Crippen LogP contribution >= 0.6 is 0 Å². The highest BCUT2D eigenvalue weighted by Gasteiger charge is 1.98. The minimum Gasteiger partial charge on any atom is -1.00 e. The topological polar surface area (TPSA) is 30.2 Å². The van der Waals surface area contributed by atoms with Crippen molar-refractivity contribution in [1.82, 2.24) is 0 Å². The summed E-state index contributed by atoms with van der Waals surface area (Å²) in [5.41, 5.74) is 0. The molecule has 1 heterocycles. The first-order chi connectivity index (χ1) is 5.79. The molecular formula is C9H12ClNO2. The van der Waals surface area contributed by atoms with Crippen LogP contribution in [0.2, 0.25) is 0 Å². The third-order valence-corrected chi connectivity index (χ3v) is 1.43. The Labute approximate surface area is 83.7 Å². The predicted octanol–water partition coefficient (Wildman–Crippen LogP) is -2.46. The van der Waals surface area contributed by atoms with Gasteiger partial charge in [0.2, 0.25) is 0 Å². The summed E-state index contributed by atoms with van der Waals surface area (Å²) in [6.07, 6.45) is 3.87. The van der Waals surface area contributed by atoms with Gasteiger partial charge in [-0.05, 0) is 0 Å². The molecule has 1 rings (SSSR count). The Balaban J connectivity index is 0.00000144. The average Bonchev–Trinajstić information content (AvgIpc) is 2.05. The Morgan fingerprint density at radius 2 is 1.92 bits per heavy atom. The number of halogens is 1. The highest BCUT2D eigenvalue weighted by atomic mass is 35.5. The predicted molar refractivity (Wildman–Crippen MR) is 43.3 cm³/mol. The van der Waals surface area contributed by atoms with Gasteiger partial charge in [0, 0.05) is 19.1 Å². The SMILES string of the molecule is CC(=O)OCC[n+]1ccccc1.[Cl-]. The zero-order valence-corrected chi connectivity index (χ0v) is 8.20. The Hall–Kier alpha value is -1.09. The Kier molecular flexibility index (Phi) is 5.89. The largest absolute Gasteiger partial charge is 1.00 e. The molecule has 13 heavy (non-hydrogen) atoms. The first-order valence-electron chi connectivity index (χ1n) is 3.86. The Bertz CT molecular complexity index is 251. The minimum absolute atomic E-state index is 0. The molecule has 0 saturated heterocycles. The van der Waals surface area contributed by atoms with Crippen molar-refractivity contribution >= 4 is 5.97 Å². The molecule has 0 N–H and O–H groups in total. The molecule has 0 amide bonds. The fourth-order valence-electron chi connectivity index (χ4n) is 0.878. The minimum atomic E-state index is -0.230. The summed E-state index contributed by atoms with van der Waals surface area (Å²) >= 11 is 0. The average molecular weight is 202 g/mol. The van der Waals surface area contributed by atoms with E-state index in [1.54, 1.807) is 0 Å². The van der Waals surface area contributed by atoms with Gasteiger partial charge in [-0.2, -0.15) is 0 Å². The number of esters is 1. The van der Waals surface area contributed by atoms with Crippen molar-refractivity contribution in [3.63, 3.8) is 0 Å². The third-order valence-electron chi connectivity index (χ3n) is 1.43. The number of pyridine rings is 1. The molecule has 4 heteroatoms. The van der Waals surface area contributed by atoms with Crippen LogP contribution in [-0.4, -0.2) is 12.6 Å². The number of carbonyl (C=O) groups excluding carboxylic acids is 1. The lowest BCUT2D eigenvalue weighted by Crippen LogP contribution is -3.00. The first-order valence-corrected chi connectivity index (χ1v) is 3.86. The Morgan fingerprint density at radius 1 is 1.31 bits per heavy atom. The smallest absolute Gasteiger partial charge is 0.302 e. The Morgan fingerprint density at radius 3 is 2.46 bits per heavy atom. The molecule has 0 saturated carbocycles. The van der Waals surface area contributed by atoms with E-state index in [1.165, 1.54) is 6.92 Å². The van der Waals surface area contributed by atoms with Gasteiger partial charge in [0.05, 0.1) is 0 Å². The molecule has 0 aromatic carbocycles. The van der Waals surface area contributed by atoms with Gasteiger partial charge in [0.1, 0.15) is 0 Å². The third kappa shape index (κ3) is 5.20. The molecular weight excluding hydrogens is 190 g/mol. The fraction of sp³-hybridized carbons (Fsp3) is 0.333. The highest BCUT2D eigenvalue weighted by molar-refractivity contribution is 5.65. The first kappa shape index (κ1) is 11.9. The molecule has 0 spiro atoms. The van der Waals surface area contributed by atoms with Crippen LogP contribution < -0.4 is 17.0 Å². The van der Waals surface area contributed by atoms with Crippen LogP contribution in [0.25, 0.3) is 0 Å². The van der Waals surface area contributed by atoms with Crippen LogP contribution in [0.5, 0.6) is 0 Å². The molecule has 0 aliphatic carbocycles. The summed E-state index contributed by atoms with van der Waals surface area (Å²) < 4.78 is 6.75. The summed E-state index contributed by atoms with van der Waals surface area (Å²) in [6.45, 7) is 2.56. The van der Waals surface area contributed by atoms with E-state index in [4.69, 9.17) is 4.74 Å². The van der Waals surface area contributed by atoms with Gasteiger partial charge in [-0.1, -0.05) is 6.07 Å². The second-order valence-electron chi connectivity index (χ2n) is 2.45. The van der Waals surface area contributed by atoms with Gasteiger partial charge in [0.15, 0.2) is 25.5 Å². The number of ether oxygens (including phenoxy) is 1. The van der Waals surface area contributed by atoms with E-state index in [1.807, 2.05) is 35.2 Å². The monoisotopic (exact) mass is 201 g/mol. The summed E-state index contributed by atoms with van der Waals surface area (Å²) in [4.78, 5) is 10.4. The normalized spacial score (nSPS) is 8.69. The van der Waals surface area contributed by atoms with Gasteiger partial charge < -0.3 is 17.1 Å². The van der Waals surface area contributed by atoms with E-state index >= 15 is 0 Å². The van der Waals surface area contributed by atoms with Crippen molar-refractivity contribution < 1.29 is 26.5 Å². The molecule has 0 radical (unpaired) electrons. The van der Waals surface area contributed by atoms with Gasteiger partial charge in [0.25, 0.3) is 0 Å². The van der Waals surface area contributed by atoms with Crippen LogP contribution in [-0.2, 0) is 16.1 Å². The number of rotatable bonds is 3. The maximum absolute atomic E-state index is 10.4. The van der Waals surface area contributed by atoms with Crippen molar-refractivity contribution in [2.75, 3.05) is 6.61 Å². The van der Waals surface area contributed by atoms with Crippen molar-refractivity contribution in [2.45, 2.75) is 13.5 Å².